The van der Waals surface area contributed by atoms with E-state index in [1.54, 1.807) is 10.6 Å². The second kappa shape index (κ2) is 8.98. The fourth-order valence-corrected chi connectivity index (χ4v) is 3.79. The molecule has 2 aromatic rings. The van der Waals surface area contributed by atoms with E-state index in [1.807, 2.05) is 38.1 Å². The summed E-state index contributed by atoms with van der Waals surface area (Å²) in [5, 5.41) is 3.34. The van der Waals surface area contributed by atoms with Crippen LogP contribution >= 0.6 is 0 Å². The third-order valence-electron chi connectivity index (χ3n) is 5.66. The van der Waals surface area contributed by atoms with Gasteiger partial charge in [-0.05, 0) is 43.2 Å². The number of nitrogens with one attached hydrogen (secondary N) is 1. The monoisotopic (exact) mass is 441 g/mol. The number of alkyl halides is 1. The number of hydrogen-bond acceptors (Lipinski definition) is 5. The van der Waals surface area contributed by atoms with Gasteiger partial charge in [0.1, 0.15) is 17.3 Å². The van der Waals surface area contributed by atoms with Crippen molar-refractivity contribution in [3.05, 3.63) is 81.5 Å². The topological polar surface area (TPSA) is 69.3 Å². The van der Waals surface area contributed by atoms with Crippen LogP contribution in [0, 0.1) is 6.92 Å². The highest BCUT2D eigenvalue weighted by Crippen LogP contribution is 2.30. The minimum Gasteiger partial charge on any atom is -0.490 e. The van der Waals surface area contributed by atoms with E-state index < -0.39 is 17.6 Å². The van der Waals surface area contributed by atoms with Crippen LogP contribution in [0.15, 0.2) is 68.8 Å². The molecule has 0 amide bonds. The van der Waals surface area contributed by atoms with Gasteiger partial charge in [-0.2, -0.15) is 4.98 Å². The predicted molar refractivity (Wildman–Crippen MR) is 119 cm³/mol. The largest absolute Gasteiger partial charge is 0.490 e. The predicted octanol–water partition coefficient (Wildman–Crippen LogP) is 4.89. The number of ether oxygens (including phenoxy) is 1. The van der Waals surface area contributed by atoms with Crippen molar-refractivity contribution in [2.24, 2.45) is 0 Å². The summed E-state index contributed by atoms with van der Waals surface area (Å²) in [5.74, 6) is 1.26. The summed E-state index contributed by atoms with van der Waals surface area (Å²) < 4.78 is 39.8. The van der Waals surface area contributed by atoms with Gasteiger partial charge in [0.2, 0.25) is 11.7 Å². The number of nitrogens with zero attached hydrogens (tertiary/aromatic N) is 2. The minimum atomic E-state index is -1.66. The fourth-order valence-electron chi connectivity index (χ4n) is 3.79. The molecule has 0 aliphatic heterocycles. The Morgan fingerprint density at radius 1 is 1.22 bits per heavy atom. The van der Waals surface area contributed by atoms with Crippen molar-refractivity contribution in [2.45, 2.75) is 45.4 Å². The summed E-state index contributed by atoms with van der Waals surface area (Å²) in [6.45, 7) is 4.13. The number of furan rings is 1. The summed E-state index contributed by atoms with van der Waals surface area (Å²) in [4.78, 5) is 16.5. The highest BCUT2D eigenvalue weighted by molar-refractivity contribution is 5.67. The quantitative estimate of drug-likeness (QED) is 0.691. The molecule has 0 aromatic carbocycles. The third kappa shape index (κ3) is 4.59. The van der Waals surface area contributed by atoms with Gasteiger partial charge >= 0.3 is 5.56 Å². The van der Waals surface area contributed by atoms with Crippen molar-refractivity contribution in [3.63, 3.8) is 0 Å². The lowest BCUT2D eigenvalue weighted by molar-refractivity contribution is 0.317. The summed E-state index contributed by atoms with van der Waals surface area (Å²) >= 11 is 0. The Kier molecular flexibility index (Phi) is 6.12. The Labute approximate surface area is 184 Å². The van der Waals surface area contributed by atoms with Gasteiger partial charge in [-0.3, -0.25) is 4.79 Å². The molecule has 0 bridgehead atoms. The van der Waals surface area contributed by atoms with Gasteiger partial charge in [-0.1, -0.05) is 23.8 Å². The van der Waals surface area contributed by atoms with Crippen LogP contribution in [0.2, 0.25) is 0 Å². The van der Waals surface area contributed by atoms with Gasteiger partial charge < -0.3 is 19.0 Å². The molecular formula is C24H25F2N3O3. The zero-order valence-corrected chi connectivity index (χ0v) is 18.2. The molecule has 0 radical (unpaired) electrons. The molecule has 2 unspecified atom stereocenters. The highest BCUT2D eigenvalue weighted by Gasteiger charge is 2.23. The molecule has 2 aromatic heterocycles. The SMILES string of the molecule is COc1cn(CC2=CC=C(F)C(F)C2)c(NC2CC(c3ccc(C)o3)=CC=C2C)nc1=O. The molecule has 0 spiro atoms. The van der Waals surface area contributed by atoms with E-state index in [4.69, 9.17) is 9.15 Å². The van der Waals surface area contributed by atoms with E-state index in [1.165, 1.54) is 13.3 Å². The Hall–Kier alpha value is -3.42. The zero-order valence-electron chi connectivity index (χ0n) is 18.2. The van der Waals surface area contributed by atoms with Crippen LogP contribution in [0.5, 0.6) is 5.75 Å². The smallest absolute Gasteiger partial charge is 0.316 e. The second-order valence-corrected chi connectivity index (χ2v) is 8.03. The first-order valence-electron chi connectivity index (χ1n) is 10.4. The molecule has 4 rings (SSSR count). The molecule has 2 atom stereocenters. The number of hydrogen-bond donors (Lipinski definition) is 1. The van der Waals surface area contributed by atoms with Crippen LogP contribution in [-0.2, 0) is 6.54 Å². The van der Waals surface area contributed by atoms with Crippen molar-refractivity contribution >= 4 is 11.5 Å². The number of methoxy groups -OCH3 is 1. The Balaban J connectivity index is 1.61. The first-order chi connectivity index (χ1) is 15.3. The van der Waals surface area contributed by atoms with Crippen LogP contribution in [0.1, 0.15) is 31.3 Å². The number of rotatable bonds is 6. The van der Waals surface area contributed by atoms with Gasteiger partial charge in [0.05, 0.1) is 19.3 Å². The van der Waals surface area contributed by atoms with E-state index in [0.29, 0.717) is 17.9 Å². The van der Waals surface area contributed by atoms with E-state index >= 15 is 0 Å². The fraction of sp³-hybridized carbons (Fsp3) is 0.333. The van der Waals surface area contributed by atoms with E-state index in [-0.39, 0.29) is 24.8 Å². The standard InChI is InChI=1S/C24H25F2N3O3/c1-14-4-7-17(21-9-5-15(2)32-21)11-20(14)27-24-28-23(30)22(31-3)13-29(24)12-16-6-8-18(25)19(26)10-16/h4-9,13,19-20H,10-12H2,1-3H3,(H,27,28,30). The van der Waals surface area contributed by atoms with Crippen molar-refractivity contribution in [3.8, 4) is 5.75 Å². The number of aromatic nitrogens is 2. The molecule has 1 N–H and O–H groups in total. The second-order valence-electron chi connectivity index (χ2n) is 8.03. The average Bonchev–Trinajstić information content (AvgIpc) is 3.20. The molecule has 168 valence electrons. The van der Waals surface area contributed by atoms with Crippen molar-refractivity contribution in [2.75, 3.05) is 12.4 Å². The molecule has 2 heterocycles. The van der Waals surface area contributed by atoms with Crippen molar-refractivity contribution in [1.82, 2.24) is 9.55 Å². The van der Waals surface area contributed by atoms with Crippen molar-refractivity contribution < 1.29 is 17.9 Å². The van der Waals surface area contributed by atoms with Gasteiger partial charge in [-0.15, -0.1) is 0 Å². The lowest BCUT2D eigenvalue weighted by atomic mass is 9.93. The van der Waals surface area contributed by atoms with E-state index in [2.05, 4.69) is 10.3 Å². The first kappa shape index (κ1) is 21.8. The van der Waals surface area contributed by atoms with Crippen LogP contribution in [0.3, 0.4) is 0 Å². The van der Waals surface area contributed by atoms with E-state index in [9.17, 15) is 13.6 Å². The molecule has 0 saturated carbocycles. The molecular weight excluding hydrogens is 416 g/mol. The maximum Gasteiger partial charge on any atom is 0.316 e. The zero-order chi connectivity index (χ0) is 22.8. The van der Waals surface area contributed by atoms with Crippen molar-refractivity contribution in [1.29, 1.82) is 0 Å². The number of halogens is 2. The lowest BCUT2D eigenvalue weighted by Gasteiger charge is -2.26. The van der Waals surface area contributed by atoms with Crippen LogP contribution in [0.25, 0.3) is 5.57 Å². The molecule has 32 heavy (non-hydrogen) atoms. The summed E-state index contributed by atoms with van der Waals surface area (Å²) in [6, 6.07) is 3.72. The summed E-state index contributed by atoms with van der Waals surface area (Å²) in [5.41, 5.74) is 2.27. The van der Waals surface area contributed by atoms with Gasteiger partial charge in [-0.25, -0.2) is 8.78 Å². The van der Waals surface area contributed by atoms with Gasteiger partial charge in [0.25, 0.3) is 0 Å². The normalized spacial score (nSPS) is 20.8. The first-order valence-corrected chi connectivity index (χ1v) is 10.4. The summed E-state index contributed by atoms with van der Waals surface area (Å²) in [7, 11) is 1.39. The van der Waals surface area contributed by atoms with Crippen LogP contribution in [0.4, 0.5) is 14.7 Å². The average molecular weight is 441 g/mol. The molecule has 2 aliphatic rings. The number of anilines is 1. The maximum atomic E-state index is 13.8. The number of aryl methyl sites for hydroxylation is 1. The third-order valence-corrected chi connectivity index (χ3v) is 5.66. The maximum absolute atomic E-state index is 13.8. The van der Waals surface area contributed by atoms with Crippen LogP contribution < -0.4 is 15.6 Å². The Morgan fingerprint density at radius 3 is 2.72 bits per heavy atom. The van der Waals surface area contributed by atoms with Gasteiger partial charge in [0, 0.05) is 19.4 Å². The lowest BCUT2D eigenvalue weighted by Crippen LogP contribution is -2.29. The molecule has 0 saturated heterocycles. The Bertz CT molecular complexity index is 1200. The van der Waals surface area contributed by atoms with Crippen LogP contribution in [-0.4, -0.2) is 28.9 Å². The molecule has 6 nitrogen and oxygen atoms in total. The molecule has 0 fully saturated rings. The molecule has 8 heteroatoms. The molecule has 2 aliphatic carbocycles. The number of allylic oxidation sites excluding steroid dienone is 6. The highest BCUT2D eigenvalue weighted by atomic mass is 19.2. The van der Waals surface area contributed by atoms with E-state index in [0.717, 1.165) is 28.7 Å². The Morgan fingerprint density at radius 2 is 2.03 bits per heavy atom. The van der Waals surface area contributed by atoms with Gasteiger partial charge in [0.15, 0.2) is 6.17 Å². The summed E-state index contributed by atoms with van der Waals surface area (Å²) in [6.07, 6.45) is 7.19. The minimum absolute atomic E-state index is 0.0523.